The zero-order chi connectivity index (χ0) is 13.4. The number of hydrogen-bond acceptors (Lipinski definition) is 3. The van der Waals surface area contributed by atoms with Gasteiger partial charge in [0, 0.05) is 6.04 Å². The highest BCUT2D eigenvalue weighted by molar-refractivity contribution is 5.71. The van der Waals surface area contributed by atoms with Crippen LogP contribution in [0.25, 0.3) is 0 Å². The summed E-state index contributed by atoms with van der Waals surface area (Å²) in [6.07, 6.45) is 5.97. The summed E-state index contributed by atoms with van der Waals surface area (Å²) in [4.78, 5) is 13.5. The minimum Gasteiger partial charge on any atom is -0.481 e. The molecule has 1 fully saturated rings. The van der Waals surface area contributed by atoms with E-state index in [0.717, 1.165) is 25.9 Å². The minimum absolute atomic E-state index is 0.0732. The van der Waals surface area contributed by atoms with E-state index in [1.165, 1.54) is 19.3 Å². The quantitative estimate of drug-likeness (QED) is 0.644. The van der Waals surface area contributed by atoms with E-state index in [2.05, 4.69) is 18.7 Å². The van der Waals surface area contributed by atoms with Gasteiger partial charge in [0.1, 0.15) is 0 Å². The van der Waals surface area contributed by atoms with Crippen molar-refractivity contribution >= 4 is 5.97 Å². The molecule has 2 unspecified atom stereocenters. The van der Waals surface area contributed by atoms with Crippen molar-refractivity contribution in [3.05, 3.63) is 0 Å². The molecule has 0 aromatic carbocycles. The highest BCUT2D eigenvalue weighted by Gasteiger charge is 2.37. The van der Waals surface area contributed by atoms with E-state index in [9.17, 15) is 9.90 Å². The van der Waals surface area contributed by atoms with Crippen LogP contribution in [0.3, 0.4) is 0 Å². The number of hydrogen-bond donors (Lipinski definition) is 1. The number of carboxylic acids is 1. The highest BCUT2D eigenvalue weighted by atomic mass is 16.5. The molecule has 106 valence electrons. The zero-order valence-corrected chi connectivity index (χ0v) is 11.7. The Morgan fingerprint density at radius 2 is 1.94 bits per heavy atom. The van der Waals surface area contributed by atoms with E-state index in [1.807, 2.05) is 0 Å². The second-order valence-corrected chi connectivity index (χ2v) is 5.15. The number of aliphatic carboxylic acids is 1. The van der Waals surface area contributed by atoms with Crippen LogP contribution >= 0.6 is 0 Å². The molecule has 1 aliphatic heterocycles. The van der Waals surface area contributed by atoms with E-state index < -0.39 is 5.97 Å². The standard InChI is InChI=1S/C14H27NO3/c1-3-5-6-7-9-15(8-4-2)13-11-18-10-12(13)14(16)17/h12-13H,3-11H2,1-2H3,(H,16,17). The first-order chi connectivity index (χ1) is 8.70. The predicted octanol–water partition coefficient (Wildman–Crippen LogP) is 2.38. The van der Waals surface area contributed by atoms with Crippen molar-refractivity contribution in [1.82, 2.24) is 4.90 Å². The van der Waals surface area contributed by atoms with Gasteiger partial charge in [-0.25, -0.2) is 0 Å². The molecule has 1 heterocycles. The summed E-state index contributed by atoms with van der Waals surface area (Å²) < 4.78 is 5.36. The van der Waals surface area contributed by atoms with Crippen molar-refractivity contribution in [1.29, 1.82) is 0 Å². The first-order valence-corrected chi connectivity index (χ1v) is 7.25. The Kier molecular flexibility index (Phi) is 7.28. The van der Waals surface area contributed by atoms with Gasteiger partial charge in [-0.3, -0.25) is 9.69 Å². The number of unbranched alkanes of at least 4 members (excludes halogenated alkanes) is 3. The van der Waals surface area contributed by atoms with Gasteiger partial charge in [0.15, 0.2) is 0 Å². The van der Waals surface area contributed by atoms with Gasteiger partial charge in [-0.1, -0.05) is 33.1 Å². The number of rotatable bonds is 9. The lowest BCUT2D eigenvalue weighted by molar-refractivity contribution is -0.143. The fraction of sp³-hybridized carbons (Fsp3) is 0.929. The topological polar surface area (TPSA) is 49.8 Å². The van der Waals surface area contributed by atoms with Gasteiger partial charge in [0.2, 0.25) is 0 Å². The van der Waals surface area contributed by atoms with E-state index in [4.69, 9.17) is 4.74 Å². The van der Waals surface area contributed by atoms with Gasteiger partial charge in [0.25, 0.3) is 0 Å². The van der Waals surface area contributed by atoms with Crippen molar-refractivity contribution < 1.29 is 14.6 Å². The van der Waals surface area contributed by atoms with Crippen molar-refractivity contribution in [2.24, 2.45) is 5.92 Å². The molecule has 0 bridgehead atoms. The summed E-state index contributed by atoms with van der Waals surface area (Å²) in [6, 6.07) is 0.0732. The zero-order valence-electron chi connectivity index (χ0n) is 11.7. The average molecular weight is 257 g/mol. The predicted molar refractivity (Wildman–Crippen MR) is 71.7 cm³/mol. The fourth-order valence-corrected chi connectivity index (χ4v) is 2.61. The normalized spacial score (nSPS) is 23.7. The summed E-state index contributed by atoms with van der Waals surface area (Å²) >= 11 is 0. The first kappa shape index (κ1) is 15.4. The Hall–Kier alpha value is -0.610. The van der Waals surface area contributed by atoms with Gasteiger partial charge in [0.05, 0.1) is 19.1 Å². The third kappa shape index (κ3) is 4.58. The summed E-state index contributed by atoms with van der Waals surface area (Å²) in [7, 11) is 0. The summed E-state index contributed by atoms with van der Waals surface area (Å²) in [5.41, 5.74) is 0. The van der Waals surface area contributed by atoms with Crippen LogP contribution in [0, 0.1) is 5.92 Å². The second kappa shape index (κ2) is 8.48. The SMILES string of the molecule is CCCCCCN(CCC)C1COCC1C(=O)O. The Morgan fingerprint density at radius 3 is 2.56 bits per heavy atom. The van der Waals surface area contributed by atoms with Crippen LogP contribution in [-0.2, 0) is 9.53 Å². The van der Waals surface area contributed by atoms with Crippen molar-refractivity contribution in [2.75, 3.05) is 26.3 Å². The maximum absolute atomic E-state index is 11.2. The van der Waals surface area contributed by atoms with Crippen LogP contribution in [0.1, 0.15) is 46.0 Å². The number of carboxylic acid groups (broad SMARTS) is 1. The van der Waals surface area contributed by atoms with Crippen LogP contribution in [-0.4, -0.2) is 48.3 Å². The van der Waals surface area contributed by atoms with Crippen molar-refractivity contribution in [3.8, 4) is 0 Å². The molecule has 4 heteroatoms. The van der Waals surface area contributed by atoms with Gasteiger partial charge < -0.3 is 9.84 Å². The molecule has 0 radical (unpaired) electrons. The molecule has 0 aromatic heterocycles. The van der Waals surface area contributed by atoms with Crippen LogP contribution < -0.4 is 0 Å². The van der Waals surface area contributed by atoms with Crippen molar-refractivity contribution in [3.63, 3.8) is 0 Å². The lowest BCUT2D eigenvalue weighted by atomic mass is 10.0. The molecular formula is C14H27NO3. The molecule has 0 spiro atoms. The van der Waals surface area contributed by atoms with Gasteiger partial charge >= 0.3 is 5.97 Å². The molecule has 18 heavy (non-hydrogen) atoms. The molecule has 4 nitrogen and oxygen atoms in total. The van der Waals surface area contributed by atoms with Crippen LogP contribution in [0.4, 0.5) is 0 Å². The largest absolute Gasteiger partial charge is 0.481 e. The van der Waals surface area contributed by atoms with Crippen LogP contribution in [0.2, 0.25) is 0 Å². The lowest BCUT2D eigenvalue weighted by Gasteiger charge is -2.30. The first-order valence-electron chi connectivity index (χ1n) is 7.25. The highest BCUT2D eigenvalue weighted by Crippen LogP contribution is 2.21. The van der Waals surface area contributed by atoms with E-state index in [-0.39, 0.29) is 12.0 Å². The second-order valence-electron chi connectivity index (χ2n) is 5.15. The molecular weight excluding hydrogens is 230 g/mol. The molecule has 0 aliphatic carbocycles. The Bertz CT molecular complexity index is 245. The van der Waals surface area contributed by atoms with E-state index in [0.29, 0.717) is 13.2 Å². The van der Waals surface area contributed by atoms with E-state index >= 15 is 0 Å². The van der Waals surface area contributed by atoms with E-state index in [1.54, 1.807) is 0 Å². The van der Waals surface area contributed by atoms with Gasteiger partial charge in [-0.05, 0) is 25.9 Å². The summed E-state index contributed by atoms with van der Waals surface area (Å²) in [5.74, 6) is -1.06. The maximum atomic E-state index is 11.2. The monoisotopic (exact) mass is 257 g/mol. The van der Waals surface area contributed by atoms with Gasteiger partial charge in [-0.2, -0.15) is 0 Å². The van der Waals surface area contributed by atoms with Crippen molar-refractivity contribution in [2.45, 2.75) is 52.0 Å². The number of carbonyl (C=O) groups is 1. The third-order valence-corrected chi connectivity index (χ3v) is 3.65. The molecule has 2 atom stereocenters. The Labute approximate surface area is 110 Å². The Balaban J connectivity index is 2.46. The molecule has 0 aromatic rings. The number of ether oxygens (including phenoxy) is 1. The summed E-state index contributed by atoms with van der Waals surface area (Å²) in [5, 5.41) is 9.20. The smallest absolute Gasteiger partial charge is 0.310 e. The molecule has 1 aliphatic rings. The molecule has 0 saturated carbocycles. The molecule has 1 N–H and O–H groups in total. The number of nitrogens with zero attached hydrogens (tertiary/aromatic N) is 1. The Morgan fingerprint density at radius 1 is 1.17 bits per heavy atom. The molecule has 1 saturated heterocycles. The lowest BCUT2D eigenvalue weighted by Crippen LogP contribution is -2.44. The fourth-order valence-electron chi connectivity index (χ4n) is 2.61. The summed E-state index contributed by atoms with van der Waals surface area (Å²) in [6.45, 7) is 7.27. The van der Waals surface area contributed by atoms with Crippen LogP contribution in [0.5, 0.6) is 0 Å². The minimum atomic E-state index is -0.716. The van der Waals surface area contributed by atoms with Crippen LogP contribution in [0.15, 0.2) is 0 Å². The maximum Gasteiger partial charge on any atom is 0.310 e. The molecule has 1 rings (SSSR count). The molecule has 0 amide bonds. The third-order valence-electron chi connectivity index (χ3n) is 3.65. The average Bonchev–Trinajstić information content (AvgIpc) is 2.82. The van der Waals surface area contributed by atoms with Gasteiger partial charge in [-0.15, -0.1) is 0 Å².